The number of anilines is 1. The molecule has 0 radical (unpaired) electrons. The highest BCUT2D eigenvalue weighted by Crippen LogP contribution is 2.15. The van der Waals surface area contributed by atoms with E-state index in [1.54, 1.807) is 0 Å². The normalized spacial score (nSPS) is 13.2. The van der Waals surface area contributed by atoms with E-state index in [1.165, 1.54) is 0 Å². The number of benzene rings is 1. The van der Waals surface area contributed by atoms with Gasteiger partial charge in [0.15, 0.2) is 0 Å². The number of rotatable bonds is 6. The Balaban J connectivity index is 2.47. The van der Waals surface area contributed by atoms with Gasteiger partial charge in [0.25, 0.3) is 0 Å². The van der Waals surface area contributed by atoms with Gasteiger partial charge in [-0.3, -0.25) is 0 Å². The van der Waals surface area contributed by atoms with Gasteiger partial charge in [0, 0.05) is 18.2 Å². The molecule has 1 aromatic carbocycles. The second-order valence-electron chi connectivity index (χ2n) is 3.76. The van der Waals surface area contributed by atoms with E-state index in [-0.39, 0.29) is 11.8 Å². The Bertz CT molecular complexity index is 363. The molecule has 1 rings (SSSR count). The van der Waals surface area contributed by atoms with Crippen LogP contribution in [0.3, 0.4) is 0 Å². The minimum atomic E-state index is -0.0217. The van der Waals surface area contributed by atoms with E-state index in [2.05, 4.69) is 10.5 Å². The van der Waals surface area contributed by atoms with Gasteiger partial charge in [0.1, 0.15) is 11.6 Å². The van der Waals surface area contributed by atoms with Crippen molar-refractivity contribution in [3.8, 4) is 5.75 Å². The summed E-state index contributed by atoms with van der Waals surface area (Å²) in [5, 5.41) is 14.7. The van der Waals surface area contributed by atoms with Crippen LogP contribution in [0.5, 0.6) is 5.75 Å². The molecule has 0 aliphatic rings. The number of nitrogens with one attached hydrogen (secondary N) is 1. The van der Waals surface area contributed by atoms with Gasteiger partial charge in [0.2, 0.25) is 0 Å². The molecule has 1 aromatic rings. The first-order chi connectivity index (χ1) is 8.17. The first-order valence-corrected chi connectivity index (χ1v) is 5.61. The van der Waals surface area contributed by atoms with Gasteiger partial charge in [-0.1, -0.05) is 12.1 Å². The molecule has 0 saturated carbocycles. The molecule has 0 spiro atoms. The molecule has 0 aliphatic carbocycles. The zero-order valence-corrected chi connectivity index (χ0v) is 10.2. The molecule has 0 aromatic heterocycles. The molecule has 1 unspecified atom stereocenters. The summed E-state index contributed by atoms with van der Waals surface area (Å²) < 4.78 is 5.34. The number of nitrogens with zero attached hydrogens (tertiary/aromatic N) is 1. The lowest BCUT2D eigenvalue weighted by molar-refractivity contribution is 0.315. The average Bonchev–Trinajstić information content (AvgIpc) is 2.37. The number of hydrogen-bond acceptors (Lipinski definition) is 4. The molecule has 17 heavy (non-hydrogen) atoms. The third kappa shape index (κ3) is 4.22. The highest BCUT2D eigenvalue weighted by atomic mass is 16.5. The molecular weight excluding hydrogens is 218 g/mol. The minimum Gasteiger partial charge on any atom is -0.494 e. The zero-order valence-electron chi connectivity index (χ0n) is 10.2. The van der Waals surface area contributed by atoms with Crippen molar-refractivity contribution >= 4 is 11.5 Å². The van der Waals surface area contributed by atoms with E-state index in [1.807, 2.05) is 38.1 Å². The summed E-state index contributed by atoms with van der Waals surface area (Å²) in [6, 6.07) is 7.67. The highest BCUT2D eigenvalue weighted by Gasteiger charge is 2.06. The number of amidine groups is 1. The molecule has 0 saturated heterocycles. The average molecular weight is 237 g/mol. The largest absolute Gasteiger partial charge is 0.494 e. The summed E-state index contributed by atoms with van der Waals surface area (Å²) in [4.78, 5) is 0. The fourth-order valence-corrected chi connectivity index (χ4v) is 1.31. The lowest BCUT2D eigenvalue weighted by Gasteiger charge is -2.12. The Morgan fingerprint density at radius 3 is 2.65 bits per heavy atom. The maximum absolute atomic E-state index is 8.52. The Hall–Kier alpha value is -1.91. The van der Waals surface area contributed by atoms with Crippen LogP contribution in [0.4, 0.5) is 5.69 Å². The summed E-state index contributed by atoms with van der Waals surface area (Å²) in [6.07, 6.45) is 0. The number of ether oxygens (including phenoxy) is 1. The lowest BCUT2D eigenvalue weighted by Crippen LogP contribution is -2.27. The first-order valence-electron chi connectivity index (χ1n) is 5.61. The molecule has 94 valence electrons. The fraction of sp³-hybridized carbons (Fsp3) is 0.417. The molecule has 5 heteroatoms. The minimum absolute atomic E-state index is 0.0217. The fourth-order valence-electron chi connectivity index (χ4n) is 1.31. The summed E-state index contributed by atoms with van der Waals surface area (Å²) in [5.74, 6) is 1.05. The van der Waals surface area contributed by atoms with Crippen molar-refractivity contribution in [3.05, 3.63) is 24.3 Å². The van der Waals surface area contributed by atoms with Crippen LogP contribution in [0.2, 0.25) is 0 Å². The third-order valence-electron chi connectivity index (χ3n) is 2.40. The van der Waals surface area contributed by atoms with Crippen molar-refractivity contribution in [1.29, 1.82) is 0 Å². The van der Waals surface area contributed by atoms with Gasteiger partial charge in [-0.2, -0.15) is 0 Å². The van der Waals surface area contributed by atoms with Crippen LogP contribution in [-0.2, 0) is 0 Å². The first kappa shape index (κ1) is 13.2. The summed E-state index contributed by atoms with van der Waals surface area (Å²) in [5.41, 5.74) is 6.46. The summed E-state index contributed by atoms with van der Waals surface area (Å²) in [6.45, 7) is 5.11. The van der Waals surface area contributed by atoms with Crippen molar-refractivity contribution < 1.29 is 9.94 Å². The second-order valence-corrected chi connectivity index (χ2v) is 3.76. The van der Waals surface area contributed by atoms with Crippen LogP contribution in [0.15, 0.2) is 29.4 Å². The molecule has 4 N–H and O–H groups in total. The van der Waals surface area contributed by atoms with Gasteiger partial charge in [0.05, 0.1) is 6.61 Å². The highest BCUT2D eigenvalue weighted by molar-refractivity contribution is 5.82. The molecule has 0 fully saturated rings. The maximum Gasteiger partial charge on any atom is 0.143 e. The monoisotopic (exact) mass is 237 g/mol. The summed E-state index contributed by atoms with van der Waals surface area (Å²) >= 11 is 0. The van der Waals surface area contributed by atoms with Gasteiger partial charge in [-0.15, -0.1) is 0 Å². The Morgan fingerprint density at radius 2 is 2.12 bits per heavy atom. The molecule has 0 bridgehead atoms. The van der Waals surface area contributed by atoms with E-state index in [0.717, 1.165) is 11.4 Å². The number of oxime groups is 1. The van der Waals surface area contributed by atoms with E-state index in [0.29, 0.717) is 13.2 Å². The Labute approximate surface area is 101 Å². The predicted octanol–water partition coefficient (Wildman–Crippen LogP) is 1.88. The molecule has 0 heterocycles. The van der Waals surface area contributed by atoms with E-state index in [4.69, 9.17) is 15.7 Å². The van der Waals surface area contributed by atoms with Gasteiger partial charge in [-0.05, 0) is 31.2 Å². The topological polar surface area (TPSA) is 79.9 Å². The van der Waals surface area contributed by atoms with Gasteiger partial charge in [-0.25, -0.2) is 0 Å². The second kappa shape index (κ2) is 6.62. The standard InChI is InChI=1S/C12H19N3O2/c1-3-17-11-6-4-10(5-7-11)14-8-9(2)12(13)15-16/h4-7,9,14,16H,3,8H2,1-2H3,(H2,13,15). The quantitative estimate of drug-likeness (QED) is 0.305. The molecule has 0 aliphatic heterocycles. The molecule has 5 nitrogen and oxygen atoms in total. The SMILES string of the molecule is CCOc1ccc(NCC(C)C(N)=NO)cc1. The van der Waals surface area contributed by atoms with Gasteiger partial charge >= 0.3 is 0 Å². The predicted molar refractivity (Wildman–Crippen MR) is 68.7 cm³/mol. The summed E-state index contributed by atoms with van der Waals surface area (Å²) in [7, 11) is 0. The molecule has 0 amide bonds. The Kier molecular flexibility index (Phi) is 5.13. The van der Waals surface area contributed by atoms with Gasteiger partial charge < -0.3 is 21.0 Å². The molecule has 1 atom stereocenters. The smallest absolute Gasteiger partial charge is 0.143 e. The van der Waals surface area contributed by atoms with E-state index >= 15 is 0 Å². The Morgan fingerprint density at radius 1 is 1.47 bits per heavy atom. The van der Waals surface area contributed by atoms with Crippen molar-refractivity contribution in [2.24, 2.45) is 16.8 Å². The van der Waals surface area contributed by atoms with Crippen molar-refractivity contribution in [1.82, 2.24) is 0 Å². The number of hydrogen-bond donors (Lipinski definition) is 3. The van der Waals surface area contributed by atoms with Crippen LogP contribution in [-0.4, -0.2) is 24.2 Å². The van der Waals surface area contributed by atoms with E-state index in [9.17, 15) is 0 Å². The lowest BCUT2D eigenvalue weighted by atomic mass is 10.1. The molecular formula is C12H19N3O2. The van der Waals surface area contributed by atoms with Crippen molar-refractivity contribution in [2.45, 2.75) is 13.8 Å². The third-order valence-corrected chi connectivity index (χ3v) is 2.40. The van der Waals surface area contributed by atoms with Crippen LogP contribution in [0, 0.1) is 5.92 Å². The van der Waals surface area contributed by atoms with E-state index < -0.39 is 0 Å². The zero-order chi connectivity index (χ0) is 12.7. The maximum atomic E-state index is 8.52. The number of nitrogens with two attached hydrogens (primary N) is 1. The van der Waals surface area contributed by atoms with Crippen LogP contribution in [0.1, 0.15) is 13.8 Å². The van der Waals surface area contributed by atoms with Crippen molar-refractivity contribution in [2.75, 3.05) is 18.5 Å². The van der Waals surface area contributed by atoms with Crippen LogP contribution < -0.4 is 15.8 Å². The van der Waals surface area contributed by atoms with Crippen LogP contribution >= 0.6 is 0 Å². The van der Waals surface area contributed by atoms with Crippen molar-refractivity contribution in [3.63, 3.8) is 0 Å². The van der Waals surface area contributed by atoms with Crippen LogP contribution in [0.25, 0.3) is 0 Å².